The van der Waals surface area contributed by atoms with Crippen molar-refractivity contribution >= 4 is 23.4 Å². The van der Waals surface area contributed by atoms with Crippen LogP contribution in [0, 0.1) is 0 Å². The maximum atomic E-state index is 12.9. The van der Waals surface area contributed by atoms with Crippen molar-refractivity contribution in [2.45, 2.75) is 24.7 Å². The largest absolute Gasteiger partial charge is 0.416 e. The van der Waals surface area contributed by atoms with Crippen molar-refractivity contribution in [1.29, 1.82) is 0 Å². The minimum Gasteiger partial charge on any atom is -0.307 e. The first-order valence-electron chi connectivity index (χ1n) is 9.28. The van der Waals surface area contributed by atoms with Gasteiger partial charge in [-0.3, -0.25) is 0 Å². The Morgan fingerprint density at radius 3 is 1.16 bits per heavy atom. The van der Waals surface area contributed by atoms with Gasteiger partial charge in [0.05, 0.1) is 22.3 Å². The number of amides is 4. The highest BCUT2D eigenvalue weighted by Gasteiger charge is 2.38. The molecule has 0 bridgehead atoms. The van der Waals surface area contributed by atoms with Gasteiger partial charge < -0.3 is 10.6 Å². The third kappa shape index (κ3) is 8.07. The summed E-state index contributed by atoms with van der Waals surface area (Å²) in [6.07, 6.45) is -20.9. The Kier molecular flexibility index (Phi) is 7.85. The Hall–Kier alpha value is -3.86. The highest BCUT2D eigenvalue weighted by Crippen LogP contribution is 2.39. The monoisotopic (exact) mass is 556 g/mol. The van der Waals surface area contributed by atoms with Crippen LogP contribution in [0.4, 0.5) is 73.6 Å². The van der Waals surface area contributed by atoms with Gasteiger partial charge in [-0.2, -0.15) is 52.7 Å². The molecule has 0 atom stereocenters. The molecular formula is C19H12F12N4O2. The summed E-state index contributed by atoms with van der Waals surface area (Å²) in [6, 6.07) is -2.92. The van der Waals surface area contributed by atoms with Crippen LogP contribution in [0.25, 0.3) is 0 Å². The fourth-order valence-electron chi connectivity index (χ4n) is 2.62. The van der Waals surface area contributed by atoms with Crippen LogP contribution >= 0.6 is 0 Å². The van der Waals surface area contributed by atoms with E-state index in [2.05, 4.69) is 0 Å². The molecule has 4 amide bonds. The lowest BCUT2D eigenvalue weighted by molar-refractivity contribution is -0.144. The van der Waals surface area contributed by atoms with Gasteiger partial charge in [0.1, 0.15) is 0 Å². The van der Waals surface area contributed by atoms with Crippen LogP contribution in [0.5, 0.6) is 0 Å². The van der Waals surface area contributed by atoms with Crippen molar-refractivity contribution in [2.24, 2.45) is 0 Å². The Bertz CT molecular complexity index is 1110. The summed E-state index contributed by atoms with van der Waals surface area (Å²) < 4.78 is 155. The molecule has 0 heterocycles. The van der Waals surface area contributed by atoms with Gasteiger partial charge in [0.2, 0.25) is 0 Å². The predicted molar refractivity (Wildman–Crippen MR) is 102 cm³/mol. The molecule has 0 aromatic heterocycles. The number of carbonyl (C=O) groups excluding carboxylic acids is 2. The van der Waals surface area contributed by atoms with Crippen LogP contribution in [0.15, 0.2) is 36.4 Å². The number of alkyl halides is 12. The maximum Gasteiger partial charge on any atom is 0.416 e. The van der Waals surface area contributed by atoms with E-state index >= 15 is 0 Å². The lowest BCUT2D eigenvalue weighted by Crippen LogP contribution is -2.47. The molecule has 0 aliphatic heterocycles. The van der Waals surface area contributed by atoms with Gasteiger partial charge in [-0.1, -0.05) is 0 Å². The molecule has 2 aromatic carbocycles. The molecule has 0 aliphatic carbocycles. The van der Waals surface area contributed by atoms with Gasteiger partial charge in [0.15, 0.2) is 0 Å². The van der Waals surface area contributed by atoms with Crippen molar-refractivity contribution < 1.29 is 62.3 Å². The molecule has 2 rings (SSSR count). The topological polar surface area (TPSA) is 73.5 Å². The van der Waals surface area contributed by atoms with Gasteiger partial charge in [-0.15, -0.1) is 0 Å². The van der Waals surface area contributed by atoms with Crippen LogP contribution in [0.2, 0.25) is 0 Å². The SMILES string of the molecule is CN(NC(=O)Nc1cc(C(F)(F)F)cc(C(F)(F)F)c1)C(=O)Nc1cc(C(F)(F)F)cc(C(F)(F)F)c1. The second-order valence-corrected chi connectivity index (χ2v) is 7.14. The fraction of sp³-hybridized carbons (Fsp3) is 0.263. The average Bonchev–Trinajstić information content (AvgIpc) is 2.70. The quantitative estimate of drug-likeness (QED) is 0.277. The fourth-order valence-corrected chi connectivity index (χ4v) is 2.62. The first-order chi connectivity index (χ1) is 16.6. The number of urea groups is 2. The summed E-state index contributed by atoms with van der Waals surface area (Å²) in [6.45, 7) is 0. The van der Waals surface area contributed by atoms with Crippen molar-refractivity contribution in [3.8, 4) is 0 Å². The minimum absolute atomic E-state index is 0.149. The number of halogens is 12. The molecule has 0 radical (unpaired) electrons. The molecule has 0 saturated heterocycles. The van der Waals surface area contributed by atoms with Crippen molar-refractivity contribution in [1.82, 2.24) is 10.4 Å². The van der Waals surface area contributed by atoms with Crippen LogP contribution in [0.3, 0.4) is 0 Å². The van der Waals surface area contributed by atoms with Gasteiger partial charge in [-0.05, 0) is 36.4 Å². The van der Waals surface area contributed by atoms with E-state index in [9.17, 15) is 62.3 Å². The van der Waals surface area contributed by atoms with Gasteiger partial charge in [-0.25, -0.2) is 20.0 Å². The molecule has 3 N–H and O–H groups in total. The van der Waals surface area contributed by atoms with Gasteiger partial charge in [0.25, 0.3) is 0 Å². The lowest BCUT2D eigenvalue weighted by atomic mass is 10.1. The number of anilines is 2. The summed E-state index contributed by atoms with van der Waals surface area (Å²) in [5.41, 5.74) is -7.45. The number of benzene rings is 2. The molecule has 204 valence electrons. The zero-order valence-electron chi connectivity index (χ0n) is 17.8. The molecule has 2 aromatic rings. The van der Waals surface area contributed by atoms with E-state index in [-0.39, 0.29) is 41.4 Å². The molecule has 18 heteroatoms. The van der Waals surface area contributed by atoms with Crippen molar-refractivity contribution in [2.75, 3.05) is 17.7 Å². The summed E-state index contributed by atoms with van der Waals surface area (Å²) in [5.74, 6) is 0. The smallest absolute Gasteiger partial charge is 0.307 e. The third-order valence-corrected chi connectivity index (χ3v) is 4.26. The van der Waals surface area contributed by atoms with Crippen molar-refractivity contribution in [3.63, 3.8) is 0 Å². The molecule has 0 fully saturated rings. The molecule has 0 unspecified atom stereocenters. The summed E-state index contributed by atoms with van der Waals surface area (Å²) in [7, 11) is 0.723. The molecule has 0 saturated carbocycles. The van der Waals surface area contributed by atoms with Crippen LogP contribution in [0.1, 0.15) is 22.3 Å². The second kappa shape index (κ2) is 9.89. The zero-order chi connectivity index (χ0) is 28.6. The first-order valence-corrected chi connectivity index (χ1v) is 9.28. The number of hydrogen-bond acceptors (Lipinski definition) is 2. The Morgan fingerprint density at radius 2 is 0.865 bits per heavy atom. The normalized spacial score (nSPS) is 12.7. The number of carbonyl (C=O) groups is 2. The standard InChI is InChI=1S/C19H12F12N4O2/c1-35(15(37)33-13-6-10(18(26,27)28)3-11(7-13)19(29,30)31)34-14(36)32-12-4-8(16(20,21)22)2-9(5-12)17(23,24)25/h2-7H,1H3,(H,33,37)(H2,32,34,36). The van der Waals surface area contributed by atoms with Gasteiger partial charge >= 0.3 is 36.8 Å². The van der Waals surface area contributed by atoms with E-state index in [4.69, 9.17) is 0 Å². The Balaban J connectivity index is 2.20. The first kappa shape index (κ1) is 29.4. The highest BCUT2D eigenvalue weighted by molar-refractivity contribution is 5.94. The Morgan fingerprint density at radius 1 is 0.568 bits per heavy atom. The molecule has 37 heavy (non-hydrogen) atoms. The summed E-state index contributed by atoms with van der Waals surface area (Å²) in [5, 5.41) is 3.40. The van der Waals surface area contributed by atoms with E-state index < -0.39 is 70.4 Å². The zero-order valence-corrected chi connectivity index (χ0v) is 17.8. The number of nitrogens with zero attached hydrogens (tertiary/aromatic N) is 1. The van der Waals surface area contributed by atoms with E-state index in [0.29, 0.717) is 0 Å². The number of rotatable bonds is 2. The Labute approximate surface area is 198 Å². The molecule has 6 nitrogen and oxygen atoms in total. The predicted octanol–water partition coefficient (Wildman–Crippen LogP) is 6.96. The third-order valence-electron chi connectivity index (χ3n) is 4.26. The maximum absolute atomic E-state index is 12.9. The van der Waals surface area contributed by atoms with Gasteiger partial charge in [0, 0.05) is 18.4 Å². The molecule has 0 aliphatic rings. The number of nitrogens with one attached hydrogen (secondary N) is 3. The number of hydrogen-bond donors (Lipinski definition) is 3. The average molecular weight is 556 g/mol. The lowest BCUT2D eigenvalue weighted by Gasteiger charge is -2.21. The number of hydrazine groups is 1. The van der Waals surface area contributed by atoms with Crippen LogP contribution in [-0.2, 0) is 24.7 Å². The minimum atomic E-state index is -5.23. The second-order valence-electron chi connectivity index (χ2n) is 7.14. The summed E-state index contributed by atoms with van der Waals surface area (Å²) >= 11 is 0. The highest BCUT2D eigenvalue weighted by atomic mass is 19.4. The molecular weight excluding hydrogens is 544 g/mol. The van der Waals surface area contributed by atoms with E-state index in [1.165, 1.54) is 0 Å². The van der Waals surface area contributed by atoms with Crippen molar-refractivity contribution in [3.05, 3.63) is 58.7 Å². The van der Waals surface area contributed by atoms with E-state index in [0.717, 1.165) is 7.05 Å². The van der Waals surface area contributed by atoms with Crippen LogP contribution < -0.4 is 16.1 Å². The van der Waals surface area contributed by atoms with E-state index in [1.54, 1.807) is 16.1 Å². The summed E-state index contributed by atoms with van der Waals surface area (Å²) in [4.78, 5) is 24.1. The van der Waals surface area contributed by atoms with E-state index in [1.807, 2.05) is 0 Å². The molecule has 0 spiro atoms. The van der Waals surface area contributed by atoms with Crippen LogP contribution in [-0.4, -0.2) is 24.1 Å².